The van der Waals surface area contributed by atoms with Crippen molar-refractivity contribution in [2.75, 3.05) is 0 Å². The number of nitro benzene ring substituents is 2. The number of nitrogens with zero attached hydrogens (tertiary/aromatic N) is 2. The standard InChI is InChI=1S/C16H10N2O7/c1-8-4-10-15(6-12(8)17(21)22)25-7-11(16(10)20)9-2-3-14(19)13(5-9)18(23)24/h2-7,19H,1H3. The summed E-state index contributed by atoms with van der Waals surface area (Å²) >= 11 is 0. The van der Waals surface area contributed by atoms with E-state index in [0.717, 1.165) is 24.5 Å². The molecular weight excluding hydrogens is 332 g/mol. The molecule has 1 N–H and O–H groups in total. The fraction of sp³-hybridized carbons (Fsp3) is 0.0625. The Kier molecular flexibility index (Phi) is 3.68. The predicted octanol–water partition coefficient (Wildman–Crippen LogP) is 3.29. The number of hydrogen-bond donors (Lipinski definition) is 1. The summed E-state index contributed by atoms with van der Waals surface area (Å²) in [5.41, 5.74) is -0.641. The molecule has 126 valence electrons. The maximum absolute atomic E-state index is 12.7. The van der Waals surface area contributed by atoms with E-state index in [9.17, 15) is 30.1 Å². The summed E-state index contributed by atoms with van der Waals surface area (Å²) in [6.45, 7) is 1.50. The maximum atomic E-state index is 12.7. The van der Waals surface area contributed by atoms with E-state index >= 15 is 0 Å². The van der Waals surface area contributed by atoms with Gasteiger partial charge >= 0.3 is 5.69 Å². The Balaban J connectivity index is 2.26. The number of rotatable bonds is 3. The highest BCUT2D eigenvalue weighted by Crippen LogP contribution is 2.31. The van der Waals surface area contributed by atoms with Crippen LogP contribution in [0.2, 0.25) is 0 Å². The fourth-order valence-electron chi connectivity index (χ4n) is 2.51. The molecule has 0 atom stereocenters. The summed E-state index contributed by atoms with van der Waals surface area (Å²) < 4.78 is 5.32. The first-order chi connectivity index (χ1) is 11.8. The first-order valence-corrected chi connectivity index (χ1v) is 6.98. The van der Waals surface area contributed by atoms with E-state index in [4.69, 9.17) is 4.42 Å². The molecule has 0 fully saturated rings. The molecule has 3 aromatic rings. The highest BCUT2D eigenvalue weighted by Gasteiger charge is 2.19. The van der Waals surface area contributed by atoms with Gasteiger partial charge in [-0.1, -0.05) is 0 Å². The van der Waals surface area contributed by atoms with Gasteiger partial charge in [0.25, 0.3) is 5.69 Å². The zero-order valence-electron chi connectivity index (χ0n) is 12.8. The molecular formula is C16H10N2O7. The molecule has 2 aromatic carbocycles. The van der Waals surface area contributed by atoms with Gasteiger partial charge in [-0.05, 0) is 30.7 Å². The first-order valence-electron chi connectivity index (χ1n) is 6.98. The van der Waals surface area contributed by atoms with E-state index in [1.807, 2.05) is 0 Å². The lowest BCUT2D eigenvalue weighted by atomic mass is 10.0. The molecule has 1 heterocycles. The van der Waals surface area contributed by atoms with Crippen molar-refractivity contribution in [3.05, 3.63) is 72.6 Å². The Hall–Kier alpha value is -3.75. The van der Waals surface area contributed by atoms with E-state index in [2.05, 4.69) is 0 Å². The van der Waals surface area contributed by atoms with Crippen LogP contribution in [0.3, 0.4) is 0 Å². The van der Waals surface area contributed by atoms with Crippen LogP contribution < -0.4 is 5.43 Å². The van der Waals surface area contributed by atoms with Gasteiger partial charge in [0.15, 0.2) is 5.75 Å². The topological polar surface area (TPSA) is 137 Å². The van der Waals surface area contributed by atoms with Gasteiger partial charge in [-0.3, -0.25) is 25.0 Å². The highest BCUT2D eigenvalue weighted by molar-refractivity contribution is 5.84. The smallest absolute Gasteiger partial charge is 0.311 e. The quantitative estimate of drug-likeness (QED) is 0.569. The third-order valence-electron chi connectivity index (χ3n) is 3.77. The van der Waals surface area contributed by atoms with Crippen molar-refractivity contribution >= 4 is 22.3 Å². The Morgan fingerprint density at radius 1 is 1.04 bits per heavy atom. The molecule has 0 spiro atoms. The second kappa shape index (κ2) is 5.71. The minimum atomic E-state index is -0.769. The summed E-state index contributed by atoms with van der Waals surface area (Å²) in [7, 11) is 0. The lowest BCUT2D eigenvalue weighted by molar-refractivity contribution is -0.385. The van der Waals surface area contributed by atoms with Gasteiger partial charge in [-0.2, -0.15) is 0 Å². The van der Waals surface area contributed by atoms with Crippen LogP contribution in [-0.4, -0.2) is 15.0 Å². The second-order valence-electron chi connectivity index (χ2n) is 5.33. The first kappa shape index (κ1) is 16.1. The van der Waals surface area contributed by atoms with E-state index < -0.39 is 26.7 Å². The van der Waals surface area contributed by atoms with Crippen molar-refractivity contribution in [3.63, 3.8) is 0 Å². The largest absolute Gasteiger partial charge is 0.502 e. The Morgan fingerprint density at radius 3 is 2.36 bits per heavy atom. The molecule has 9 heteroatoms. The molecule has 0 aliphatic rings. The van der Waals surface area contributed by atoms with Gasteiger partial charge in [0.2, 0.25) is 5.43 Å². The van der Waals surface area contributed by atoms with Crippen molar-refractivity contribution in [1.82, 2.24) is 0 Å². The second-order valence-corrected chi connectivity index (χ2v) is 5.33. The molecule has 0 radical (unpaired) electrons. The van der Waals surface area contributed by atoms with Crippen LogP contribution in [-0.2, 0) is 0 Å². The summed E-state index contributed by atoms with van der Waals surface area (Å²) in [6, 6.07) is 6.02. The zero-order chi connectivity index (χ0) is 18.3. The summed E-state index contributed by atoms with van der Waals surface area (Å²) in [4.78, 5) is 33.2. The van der Waals surface area contributed by atoms with Crippen LogP contribution >= 0.6 is 0 Å². The maximum Gasteiger partial charge on any atom is 0.311 e. The summed E-state index contributed by atoms with van der Waals surface area (Å²) in [5.74, 6) is -0.523. The van der Waals surface area contributed by atoms with Crippen molar-refractivity contribution in [3.8, 4) is 16.9 Å². The minimum Gasteiger partial charge on any atom is -0.502 e. The van der Waals surface area contributed by atoms with E-state index in [1.54, 1.807) is 0 Å². The molecule has 0 saturated carbocycles. The number of fused-ring (bicyclic) bond motifs is 1. The molecule has 1 aromatic heterocycles. The van der Waals surface area contributed by atoms with Crippen molar-refractivity contribution < 1.29 is 19.4 Å². The molecule has 0 amide bonds. The average molecular weight is 342 g/mol. The van der Waals surface area contributed by atoms with Crippen LogP contribution in [0.4, 0.5) is 11.4 Å². The highest BCUT2D eigenvalue weighted by atomic mass is 16.6. The van der Waals surface area contributed by atoms with Gasteiger partial charge in [0.05, 0.1) is 26.9 Å². The van der Waals surface area contributed by atoms with Crippen LogP contribution in [0.1, 0.15) is 5.56 Å². The fourth-order valence-corrected chi connectivity index (χ4v) is 2.51. The van der Waals surface area contributed by atoms with Gasteiger partial charge < -0.3 is 9.52 Å². The van der Waals surface area contributed by atoms with Gasteiger partial charge in [0, 0.05) is 11.6 Å². The minimum absolute atomic E-state index is 0.0410. The van der Waals surface area contributed by atoms with Crippen LogP contribution in [0, 0.1) is 27.2 Å². The Bertz CT molecular complexity index is 1100. The molecule has 0 aliphatic heterocycles. The van der Waals surface area contributed by atoms with Gasteiger partial charge in [-0.15, -0.1) is 0 Å². The third kappa shape index (κ3) is 2.67. The monoisotopic (exact) mass is 342 g/mol. The number of phenols is 1. The number of aryl methyl sites for hydroxylation is 1. The normalized spacial score (nSPS) is 10.8. The van der Waals surface area contributed by atoms with E-state index in [1.165, 1.54) is 19.1 Å². The number of phenolic OH excluding ortho intramolecular Hbond substituents is 1. The zero-order valence-corrected chi connectivity index (χ0v) is 12.8. The molecule has 3 rings (SSSR count). The van der Waals surface area contributed by atoms with E-state index in [0.29, 0.717) is 5.56 Å². The number of benzene rings is 2. The van der Waals surface area contributed by atoms with Crippen molar-refractivity contribution in [2.45, 2.75) is 6.92 Å². The van der Waals surface area contributed by atoms with Crippen LogP contribution in [0.15, 0.2) is 45.8 Å². The average Bonchev–Trinajstić information content (AvgIpc) is 2.55. The van der Waals surface area contributed by atoms with Crippen molar-refractivity contribution in [1.29, 1.82) is 0 Å². The van der Waals surface area contributed by atoms with Crippen LogP contribution in [0.5, 0.6) is 5.75 Å². The molecule has 0 bridgehead atoms. The number of nitro groups is 2. The lowest BCUT2D eigenvalue weighted by Gasteiger charge is -2.05. The van der Waals surface area contributed by atoms with Gasteiger partial charge in [-0.25, -0.2) is 0 Å². The third-order valence-corrected chi connectivity index (χ3v) is 3.77. The lowest BCUT2D eigenvalue weighted by Crippen LogP contribution is -2.06. The Morgan fingerprint density at radius 2 is 1.72 bits per heavy atom. The van der Waals surface area contributed by atoms with Crippen molar-refractivity contribution in [2.24, 2.45) is 0 Å². The summed E-state index contributed by atoms with van der Waals surface area (Å²) in [6.07, 6.45) is 1.08. The predicted molar refractivity (Wildman–Crippen MR) is 87.6 cm³/mol. The van der Waals surface area contributed by atoms with E-state index in [-0.39, 0.29) is 27.8 Å². The number of hydrogen-bond acceptors (Lipinski definition) is 7. The molecule has 9 nitrogen and oxygen atoms in total. The molecule has 0 aliphatic carbocycles. The molecule has 0 unspecified atom stereocenters. The summed E-state index contributed by atoms with van der Waals surface area (Å²) in [5, 5.41) is 31.5. The Labute approximate surface area is 139 Å². The van der Waals surface area contributed by atoms with Gasteiger partial charge in [0.1, 0.15) is 11.8 Å². The molecule has 25 heavy (non-hydrogen) atoms. The SMILES string of the molecule is Cc1cc2c(=O)c(-c3ccc(O)c([N+](=O)[O-])c3)coc2cc1[N+](=O)[O-]. The van der Waals surface area contributed by atoms with Crippen LogP contribution in [0.25, 0.3) is 22.1 Å². The number of aromatic hydroxyl groups is 1. The molecule has 0 saturated heterocycles.